The van der Waals surface area contributed by atoms with Crippen LogP contribution < -0.4 is 4.57 Å². The van der Waals surface area contributed by atoms with Crippen LogP contribution in [0.15, 0.2) is 65.1 Å². The van der Waals surface area contributed by atoms with Gasteiger partial charge in [-0.15, -0.1) is 4.57 Å². The summed E-state index contributed by atoms with van der Waals surface area (Å²) in [6.07, 6.45) is 0. The summed E-state index contributed by atoms with van der Waals surface area (Å²) in [5.41, 5.74) is 6.04. The lowest BCUT2D eigenvalue weighted by Crippen LogP contribution is -2.30. The van der Waals surface area contributed by atoms with Gasteiger partial charge in [0.1, 0.15) is 4.88 Å². The molecule has 0 amide bonds. The Morgan fingerprint density at radius 3 is 2.38 bits per heavy atom. The number of hydrogen-bond acceptors (Lipinski definition) is 2. The summed E-state index contributed by atoms with van der Waals surface area (Å²) in [5, 5.41) is 1.33. The van der Waals surface area contributed by atoms with E-state index in [4.69, 9.17) is 0 Å². The molecule has 21 heavy (non-hydrogen) atoms. The van der Waals surface area contributed by atoms with Gasteiger partial charge in [0.25, 0.3) is 5.03 Å². The molecule has 0 bridgehead atoms. The second-order valence-corrected chi connectivity index (χ2v) is 6.97. The Hall–Kier alpha value is -1.58. The number of hydrogen-bond donors (Lipinski definition) is 0. The maximum Gasteiger partial charge on any atom is 0.264 e. The van der Waals surface area contributed by atoms with Crippen LogP contribution in [-0.4, -0.2) is 5.75 Å². The standard InChI is InChI=1S/C18H18NS2/c1-3-20-18-17(15-11-9-14(2)10-12-15)21-13-19(18)16-7-5-4-6-8-16/h4-13H,3H2,1-2H3/q+1. The molecule has 3 rings (SSSR count). The average molecular weight is 312 g/mol. The van der Waals surface area contributed by atoms with E-state index in [9.17, 15) is 0 Å². The number of thiazole rings is 1. The number of benzene rings is 2. The molecule has 0 aliphatic rings. The van der Waals surface area contributed by atoms with Crippen molar-refractivity contribution in [1.82, 2.24) is 0 Å². The maximum absolute atomic E-state index is 2.30. The van der Waals surface area contributed by atoms with Gasteiger partial charge in [0.2, 0.25) is 11.2 Å². The lowest BCUT2D eigenvalue weighted by Gasteiger charge is -2.01. The minimum Gasteiger partial charge on any atom is -0.144 e. The lowest BCUT2D eigenvalue weighted by molar-refractivity contribution is -0.629. The zero-order chi connectivity index (χ0) is 14.7. The average Bonchev–Trinajstić information content (AvgIpc) is 2.93. The number of nitrogens with zero attached hydrogens (tertiary/aromatic N) is 1. The van der Waals surface area contributed by atoms with Gasteiger partial charge in [-0.1, -0.05) is 78.1 Å². The van der Waals surface area contributed by atoms with Crippen molar-refractivity contribution in [2.75, 3.05) is 5.75 Å². The van der Waals surface area contributed by atoms with Gasteiger partial charge in [-0.25, -0.2) is 0 Å². The van der Waals surface area contributed by atoms with Crippen LogP contribution in [0, 0.1) is 6.92 Å². The Morgan fingerprint density at radius 1 is 1.00 bits per heavy atom. The van der Waals surface area contributed by atoms with E-state index in [1.165, 1.54) is 26.7 Å². The van der Waals surface area contributed by atoms with Gasteiger partial charge in [-0.05, 0) is 12.5 Å². The first-order valence-corrected chi connectivity index (χ1v) is 8.94. The molecule has 0 saturated heterocycles. The molecule has 0 aliphatic carbocycles. The molecule has 0 unspecified atom stereocenters. The second-order valence-electron chi connectivity index (χ2n) is 4.86. The third-order valence-electron chi connectivity index (χ3n) is 3.32. The first kappa shape index (κ1) is 14.4. The third kappa shape index (κ3) is 3.04. The summed E-state index contributed by atoms with van der Waals surface area (Å²) in [6.45, 7) is 4.33. The van der Waals surface area contributed by atoms with Gasteiger partial charge >= 0.3 is 0 Å². The zero-order valence-corrected chi connectivity index (χ0v) is 13.9. The van der Waals surface area contributed by atoms with E-state index < -0.39 is 0 Å². The van der Waals surface area contributed by atoms with E-state index in [1.807, 2.05) is 23.1 Å². The van der Waals surface area contributed by atoms with E-state index in [1.54, 1.807) is 0 Å². The molecule has 1 nitrogen and oxygen atoms in total. The third-order valence-corrected chi connectivity index (χ3v) is 5.39. The largest absolute Gasteiger partial charge is 0.264 e. The fourth-order valence-electron chi connectivity index (χ4n) is 2.25. The van der Waals surface area contributed by atoms with Crippen molar-refractivity contribution in [2.24, 2.45) is 0 Å². The number of para-hydroxylation sites is 1. The van der Waals surface area contributed by atoms with E-state index in [-0.39, 0.29) is 0 Å². The first-order valence-electron chi connectivity index (χ1n) is 7.08. The van der Waals surface area contributed by atoms with Gasteiger partial charge in [-0.3, -0.25) is 0 Å². The van der Waals surface area contributed by atoms with Gasteiger partial charge in [-0.2, -0.15) is 0 Å². The summed E-state index contributed by atoms with van der Waals surface area (Å²) in [4.78, 5) is 1.35. The van der Waals surface area contributed by atoms with Crippen LogP contribution in [0.1, 0.15) is 12.5 Å². The summed E-state index contributed by atoms with van der Waals surface area (Å²) < 4.78 is 2.30. The van der Waals surface area contributed by atoms with Crippen LogP contribution in [-0.2, 0) is 0 Å². The minimum absolute atomic E-state index is 1.07. The fraction of sp³-hybridized carbons (Fsp3) is 0.167. The van der Waals surface area contributed by atoms with Gasteiger partial charge in [0.15, 0.2) is 0 Å². The van der Waals surface area contributed by atoms with Gasteiger partial charge in [0.05, 0.1) is 0 Å². The number of aryl methyl sites for hydroxylation is 1. The number of aromatic nitrogens is 1. The quantitative estimate of drug-likeness (QED) is 0.478. The normalized spacial score (nSPS) is 10.8. The lowest BCUT2D eigenvalue weighted by atomic mass is 10.1. The highest BCUT2D eigenvalue weighted by molar-refractivity contribution is 7.99. The molecule has 1 heterocycles. The Morgan fingerprint density at radius 2 is 1.71 bits per heavy atom. The Kier molecular flexibility index (Phi) is 4.42. The molecule has 0 N–H and O–H groups in total. The fourth-order valence-corrected chi connectivity index (χ4v) is 4.36. The van der Waals surface area contributed by atoms with E-state index >= 15 is 0 Å². The molecule has 3 heteroatoms. The van der Waals surface area contributed by atoms with Crippen LogP contribution in [0.4, 0.5) is 0 Å². The van der Waals surface area contributed by atoms with Crippen molar-refractivity contribution in [2.45, 2.75) is 18.9 Å². The highest BCUT2D eigenvalue weighted by atomic mass is 32.2. The van der Waals surface area contributed by atoms with Crippen molar-refractivity contribution < 1.29 is 4.57 Å². The summed E-state index contributed by atoms with van der Waals surface area (Å²) in [5.74, 6) is 1.07. The molecule has 0 saturated carbocycles. The predicted octanol–water partition coefficient (Wildman–Crippen LogP) is 5.11. The molecule has 0 atom stereocenters. The van der Waals surface area contributed by atoms with Gasteiger partial charge < -0.3 is 0 Å². The Labute approximate surface area is 134 Å². The van der Waals surface area contributed by atoms with Gasteiger partial charge in [0, 0.05) is 17.9 Å². The SMILES string of the molecule is CCSc1c(-c2ccc(C)cc2)sc[n+]1-c1ccccc1. The van der Waals surface area contributed by atoms with Crippen LogP contribution in [0.25, 0.3) is 16.1 Å². The zero-order valence-electron chi connectivity index (χ0n) is 12.2. The number of thioether (sulfide) groups is 1. The minimum atomic E-state index is 1.07. The van der Waals surface area contributed by atoms with Crippen LogP contribution in [0.5, 0.6) is 0 Å². The molecule has 3 aromatic rings. The first-order chi connectivity index (χ1) is 10.3. The van der Waals surface area contributed by atoms with Crippen molar-refractivity contribution >= 4 is 23.1 Å². The van der Waals surface area contributed by atoms with Crippen LogP contribution in [0.3, 0.4) is 0 Å². The molecule has 0 aliphatic heterocycles. The topological polar surface area (TPSA) is 3.88 Å². The van der Waals surface area contributed by atoms with Crippen molar-refractivity contribution in [1.29, 1.82) is 0 Å². The molecule has 2 aromatic carbocycles. The monoisotopic (exact) mass is 312 g/mol. The predicted molar refractivity (Wildman–Crippen MR) is 92.4 cm³/mol. The summed E-state index contributed by atoms with van der Waals surface area (Å²) in [7, 11) is 0. The van der Waals surface area contributed by atoms with Crippen molar-refractivity contribution in [3.8, 4) is 16.1 Å². The van der Waals surface area contributed by atoms with E-state index in [0.29, 0.717) is 0 Å². The van der Waals surface area contributed by atoms with Crippen LogP contribution in [0.2, 0.25) is 0 Å². The Bertz CT molecular complexity index is 715. The van der Waals surface area contributed by atoms with Crippen LogP contribution >= 0.6 is 23.1 Å². The molecular formula is C18H18NS2+. The molecule has 0 spiro atoms. The number of rotatable bonds is 4. The van der Waals surface area contributed by atoms with E-state index in [0.717, 1.165) is 5.75 Å². The molecular weight excluding hydrogens is 294 g/mol. The van der Waals surface area contributed by atoms with Crippen molar-refractivity contribution in [3.05, 3.63) is 65.7 Å². The molecule has 1 aromatic heterocycles. The molecule has 0 fully saturated rings. The molecule has 106 valence electrons. The van der Waals surface area contributed by atoms with Crippen molar-refractivity contribution in [3.63, 3.8) is 0 Å². The second kappa shape index (κ2) is 6.46. The van der Waals surface area contributed by atoms with E-state index in [2.05, 4.69) is 78.5 Å². The summed E-state index contributed by atoms with van der Waals surface area (Å²) in [6, 6.07) is 19.4. The highest BCUT2D eigenvalue weighted by Gasteiger charge is 2.22. The summed E-state index contributed by atoms with van der Waals surface area (Å²) >= 11 is 3.71. The molecule has 0 radical (unpaired) electrons. The Balaban J connectivity index is 2.10. The smallest absolute Gasteiger partial charge is 0.144 e. The maximum atomic E-state index is 2.30. The highest BCUT2D eigenvalue weighted by Crippen LogP contribution is 2.34.